The number of hydrogen-bond donors (Lipinski definition) is 2. The van der Waals surface area contributed by atoms with E-state index in [9.17, 15) is 13.6 Å². The molecule has 0 spiro atoms. The maximum Gasteiger partial charge on any atom is 0.254 e. The molecule has 28 heavy (non-hydrogen) atoms. The van der Waals surface area contributed by atoms with Gasteiger partial charge in [0.15, 0.2) is 5.13 Å². The zero-order valence-corrected chi connectivity index (χ0v) is 16.3. The Labute approximate surface area is 165 Å². The standard InChI is InChI=1S/C18H23F2N5O2S/c1-2-27-12-4-3-5-13-15(12)23-18(28-13)25-8-6-24(7-9-25)17-21-11(16(19)20)10-14(26)22-17/h3-5,11,16-17,21H,2,6-10H2,1H3,(H,22,26). The lowest BCUT2D eigenvalue weighted by Crippen LogP contribution is -2.67. The van der Waals surface area contributed by atoms with Crippen LogP contribution in [0, 0.1) is 0 Å². The first-order valence-corrected chi connectivity index (χ1v) is 10.2. The Morgan fingerprint density at radius 2 is 2.11 bits per heavy atom. The number of halogens is 2. The van der Waals surface area contributed by atoms with E-state index in [4.69, 9.17) is 9.72 Å². The molecule has 7 nitrogen and oxygen atoms in total. The second kappa shape index (κ2) is 8.14. The lowest BCUT2D eigenvalue weighted by molar-refractivity contribution is -0.129. The number of hydrogen-bond acceptors (Lipinski definition) is 7. The Morgan fingerprint density at radius 1 is 1.32 bits per heavy atom. The highest BCUT2D eigenvalue weighted by Crippen LogP contribution is 2.34. The number of nitrogens with one attached hydrogen (secondary N) is 2. The van der Waals surface area contributed by atoms with Crippen LogP contribution in [0.15, 0.2) is 18.2 Å². The van der Waals surface area contributed by atoms with Crippen LogP contribution in [-0.2, 0) is 4.79 Å². The Balaban J connectivity index is 1.42. The van der Waals surface area contributed by atoms with Gasteiger partial charge in [-0.2, -0.15) is 0 Å². The molecule has 3 heterocycles. The number of aromatic nitrogens is 1. The minimum atomic E-state index is -2.56. The zero-order valence-electron chi connectivity index (χ0n) is 15.5. The van der Waals surface area contributed by atoms with E-state index in [1.54, 1.807) is 11.3 Å². The van der Waals surface area contributed by atoms with E-state index in [0.717, 1.165) is 21.1 Å². The molecule has 1 amide bonds. The molecule has 0 aliphatic carbocycles. The number of carbonyl (C=O) groups is 1. The Bertz CT molecular complexity index is 840. The van der Waals surface area contributed by atoms with E-state index < -0.39 is 18.8 Å². The zero-order chi connectivity index (χ0) is 19.7. The van der Waals surface area contributed by atoms with Gasteiger partial charge in [-0.1, -0.05) is 17.4 Å². The lowest BCUT2D eigenvalue weighted by atomic mass is 10.1. The smallest absolute Gasteiger partial charge is 0.254 e. The number of alkyl halides is 2. The summed E-state index contributed by atoms with van der Waals surface area (Å²) in [5, 5.41) is 6.53. The normalized spacial score (nSPS) is 24.0. The third kappa shape index (κ3) is 3.89. The van der Waals surface area contributed by atoms with Crippen molar-refractivity contribution in [3.63, 3.8) is 0 Å². The number of para-hydroxylation sites is 1. The molecule has 0 saturated carbocycles. The van der Waals surface area contributed by atoms with Crippen molar-refractivity contribution in [3.05, 3.63) is 18.2 Å². The average Bonchev–Trinajstić information content (AvgIpc) is 3.13. The van der Waals surface area contributed by atoms with E-state index in [1.807, 2.05) is 30.0 Å². The monoisotopic (exact) mass is 411 g/mol. The topological polar surface area (TPSA) is 69.7 Å². The molecular weight excluding hydrogens is 388 g/mol. The van der Waals surface area contributed by atoms with Gasteiger partial charge in [0.25, 0.3) is 6.43 Å². The first-order valence-electron chi connectivity index (χ1n) is 9.40. The maximum absolute atomic E-state index is 13.0. The lowest BCUT2D eigenvalue weighted by Gasteiger charge is -2.42. The predicted octanol–water partition coefficient (Wildman–Crippen LogP) is 1.84. The van der Waals surface area contributed by atoms with E-state index in [1.165, 1.54) is 0 Å². The number of benzene rings is 1. The fraction of sp³-hybridized carbons (Fsp3) is 0.556. The first kappa shape index (κ1) is 19.3. The van der Waals surface area contributed by atoms with Gasteiger partial charge >= 0.3 is 0 Å². The van der Waals surface area contributed by atoms with Gasteiger partial charge in [0.1, 0.15) is 17.6 Å². The van der Waals surface area contributed by atoms with Crippen LogP contribution in [0.4, 0.5) is 13.9 Å². The molecule has 2 saturated heterocycles. The number of carbonyl (C=O) groups excluding carboxylic acids is 1. The van der Waals surface area contributed by atoms with Gasteiger partial charge in [-0.15, -0.1) is 0 Å². The number of anilines is 1. The van der Waals surface area contributed by atoms with Crippen molar-refractivity contribution in [1.82, 2.24) is 20.5 Å². The van der Waals surface area contributed by atoms with Gasteiger partial charge < -0.3 is 15.0 Å². The fourth-order valence-electron chi connectivity index (χ4n) is 3.56. The van der Waals surface area contributed by atoms with Gasteiger partial charge in [-0.3, -0.25) is 15.0 Å². The quantitative estimate of drug-likeness (QED) is 0.783. The second-order valence-electron chi connectivity index (χ2n) is 6.84. The van der Waals surface area contributed by atoms with Crippen LogP contribution in [0.2, 0.25) is 0 Å². The van der Waals surface area contributed by atoms with Gasteiger partial charge in [-0.25, -0.2) is 13.8 Å². The summed E-state index contributed by atoms with van der Waals surface area (Å²) in [6, 6.07) is 4.81. The molecule has 2 aromatic rings. The molecule has 0 radical (unpaired) electrons. The summed E-state index contributed by atoms with van der Waals surface area (Å²) in [5.41, 5.74) is 0.868. The van der Waals surface area contributed by atoms with Crippen molar-refractivity contribution in [2.45, 2.75) is 32.1 Å². The molecule has 1 aromatic carbocycles. The molecule has 2 fully saturated rings. The minimum Gasteiger partial charge on any atom is -0.492 e. The average molecular weight is 411 g/mol. The van der Waals surface area contributed by atoms with Gasteiger partial charge in [0, 0.05) is 32.6 Å². The molecule has 0 bridgehead atoms. The van der Waals surface area contributed by atoms with Gasteiger partial charge in [-0.05, 0) is 19.1 Å². The largest absolute Gasteiger partial charge is 0.492 e. The molecule has 152 valence electrons. The fourth-order valence-corrected chi connectivity index (χ4v) is 4.60. The summed E-state index contributed by atoms with van der Waals surface area (Å²) >= 11 is 1.62. The molecule has 1 aromatic heterocycles. The van der Waals surface area contributed by atoms with E-state index in [-0.39, 0.29) is 12.3 Å². The van der Waals surface area contributed by atoms with Crippen LogP contribution in [0.1, 0.15) is 13.3 Å². The first-order chi connectivity index (χ1) is 13.5. The predicted molar refractivity (Wildman–Crippen MR) is 104 cm³/mol. The molecule has 10 heteroatoms. The number of rotatable bonds is 5. The Kier molecular flexibility index (Phi) is 5.61. The number of amides is 1. The van der Waals surface area contributed by atoms with Crippen LogP contribution in [0.25, 0.3) is 10.2 Å². The van der Waals surface area contributed by atoms with Gasteiger partial charge in [0.05, 0.1) is 17.3 Å². The van der Waals surface area contributed by atoms with Crippen molar-refractivity contribution in [2.75, 3.05) is 37.7 Å². The molecular formula is C18H23F2N5O2S. The van der Waals surface area contributed by atoms with Crippen LogP contribution in [0.5, 0.6) is 5.75 Å². The number of piperazine rings is 1. The van der Waals surface area contributed by atoms with Crippen LogP contribution < -0.4 is 20.3 Å². The highest BCUT2D eigenvalue weighted by atomic mass is 32.1. The van der Waals surface area contributed by atoms with Crippen molar-refractivity contribution >= 4 is 32.6 Å². The number of fused-ring (bicyclic) bond motifs is 1. The Morgan fingerprint density at radius 3 is 2.82 bits per heavy atom. The molecule has 2 atom stereocenters. The molecule has 2 aliphatic heterocycles. The third-order valence-corrected chi connectivity index (χ3v) is 6.08. The molecule has 4 rings (SSSR count). The van der Waals surface area contributed by atoms with Crippen molar-refractivity contribution in [2.24, 2.45) is 0 Å². The minimum absolute atomic E-state index is 0.192. The summed E-state index contributed by atoms with van der Waals surface area (Å²) < 4.78 is 32.8. The maximum atomic E-state index is 13.0. The summed E-state index contributed by atoms with van der Waals surface area (Å²) in [4.78, 5) is 20.7. The van der Waals surface area contributed by atoms with Crippen molar-refractivity contribution in [1.29, 1.82) is 0 Å². The highest BCUT2D eigenvalue weighted by Gasteiger charge is 2.35. The summed E-state index contributed by atoms with van der Waals surface area (Å²) in [6.07, 6.45) is -3.30. The van der Waals surface area contributed by atoms with Crippen molar-refractivity contribution < 1.29 is 18.3 Å². The van der Waals surface area contributed by atoms with Crippen LogP contribution in [0.3, 0.4) is 0 Å². The highest BCUT2D eigenvalue weighted by molar-refractivity contribution is 7.22. The second-order valence-corrected chi connectivity index (χ2v) is 7.85. The van der Waals surface area contributed by atoms with E-state index in [2.05, 4.69) is 15.5 Å². The molecule has 2 unspecified atom stereocenters. The summed E-state index contributed by atoms with van der Waals surface area (Å²) in [5.74, 6) is 0.444. The summed E-state index contributed by atoms with van der Waals surface area (Å²) in [7, 11) is 0. The third-order valence-electron chi connectivity index (χ3n) is 5.00. The molecule has 2 aliphatic rings. The van der Waals surface area contributed by atoms with Gasteiger partial charge in [0.2, 0.25) is 5.91 Å². The SMILES string of the molecule is CCOc1cccc2sc(N3CCN(C4NC(=O)CC(C(F)F)N4)CC3)nc12. The van der Waals surface area contributed by atoms with E-state index in [0.29, 0.717) is 32.8 Å². The van der Waals surface area contributed by atoms with E-state index >= 15 is 0 Å². The Hall–Kier alpha value is -2.04. The molecule has 2 N–H and O–H groups in total. The summed E-state index contributed by atoms with van der Waals surface area (Å²) in [6.45, 7) is 5.23. The number of ether oxygens (including phenoxy) is 1. The number of thiazole rings is 1. The van der Waals surface area contributed by atoms with Crippen molar-refractivity contribution in [3.8, 4) is 5.75 Å². The number of nitrogens with zero attached hydrogens (tertiary/aromatic N) is 3. The van der Waals surface area contributed by atoms with Crippen LogP contribution in [-0.4, -0.2) is 67.3 Å². The van der Waals surface area contributed by atoms with Crippen LogP contribution >= 0.6 is 11.3 Å².